The van der Waals surface area contributed by atoms with Crippen LogP contribution in [-0.2, 0) is 0 Å². The predicted molar refractivity (Wildman–Crippen MR) is 105 cm³/mol. The number of amides is 1. The molecular weight excluding hydrogens is 354 g/mol. The van der Waals surface area contributed by atoms with Crippen LogP contribution in [0.3, 0.4) is 0 Å². The quantitative estimate of drug-likeness (QED) is 0.529. The summed E-state index contributed by atoms with van der Waals surface area (Å²) in [5, 5.41) is 6.69. The summed E-state index contributed by atoms with van der Waals surface area (Å²) < 4.78 is 11.2. The number of pyridine rings is 1. The minimum atomic E-state index is -0.385. The van der Waals surface area contributed by atoms with E-state index in [1.807, 2.05) is 43.3 Å². The zero-order chi connectivity index (χ0) is 19.3. The summed E-state index contributed by atoms with van der Waals surface area (Å²) >= 11 is 0. The van der Waals surface area contributed by atoms with Crippen molar-refractivity contribution in [2.45, 2.75) is 6.92 Å². The topological polar surface area (TPSA) is 77.2 Å². The van der Waals surface area contributed by atoms with Gasteiger partial charge in [-0.15, -0.1) is 0 Å². The molecule has 0 radical (unpaired) electrons. The van der Waals surface area contributed by atoms with Crippen molar-refractivity contribution in [3.05, 3.63) is 90.4 Å². The number of ether oxygens (including phenoxy) is 1. The van der Waals surface area contributed by atoms with Crippen molar-refractivity contribution in [1.82, 2.24) is 10.1 Å². The number of carbonyl (C=O) groups is 1. The largest absolute Gasteiger partial charge is 0.455 e. The molecule has 0 bridgehead atoms. The summed E-state index contributed by atoms with van der Waals surface area (Å²) in [6.07, 6.45) is 3.30. The molecule has 1 N–H and O–H groups in total. The molecule has 6 nitrogen and oxygen atoms in total. The minimum Gasteiger partial charge on any atom is -0.455 e. The average Bonchev–Trinajstić information content (AvgIpc) is 3.22. The number of para-hydroxylation sites is 2. The van der Waals surface area contributed by atoms with E-state index in [1.54, 1.807) is 42.7 Å². The first-order chi connectivity index (χ1) is 13.7. The lowest BCUT2D eigenvalue weighted by atomic mass is 10.2. The number of hydrogen-bond acceptors (Lipinski definition) is 5. The van der Waals surface area contributed by atoms with Gasteiger partial charge >= 0.3 is 0 Å². The summed E-state index contributed by atoms with van der Waals surface area (Å²) in [5.41, 5.74) is 2.66. The molecule has 0 aliphatic rings. The van der Waals surface area contributed by atoms with Crippen molar-refractivity contribution >= 4 is 11.6 Å². The van der Waals surface area contributed by atoms with E-state index in [4.69, 9.17) is 9.26 Å². The summed E-state index contributed by atoms with van der Waals surface area (Å²) in [5.74, 6) is 1.34. The molecule has 0 saturated heterocycles. The third-order valence-corrected chi connectivity index (χ3v) is 4.09. The Bertz CT molecular complexity index is 1090. The Labute approximate surface area is 161 Å². The Balaban J connectivity index is 1.52. The Kier molecular flexibility index (Phi) is 4.84. The Hall–Kier alpha value is -3.93. The first kappa shape index (κ1) is 17.5. The van der Waals surface area contributed by atoms with Crippen LogP contribution in [0.1, 0.15) is 16.1 Å². The number of aromatic nitrogens is 2. The highest BCUT2D eigenvalue weighted by molar-refractivity contribution is 6.04. The van der Waals surface area contributed by atoms with Gasteiger partial charge in [0.2, 0.25) is 0 Å². The fourth-order valence-corrected chi connectivity index (χ4v) is 2.61. The highest BCUT2D eigenvalue weighted by Gasteiger charge is 2.16. The summed E-state index contributed by atoms with van der Waals surface area (Å²) in [4.78, 5) is 16.6. The molecule has 0 atom stereocenters. The fourth-order valence-electron chi connectivity index (χ4n) is 2.61. The van der Waals surface area contributed by atoms with E-state index in [0.717, 1.165) is 11.1 Å². The standard InChI is InChI=1S/C22H17N3O3/c1-15-6-8-17(9-7-15)27-20-5-3-2-4-18(20)24-22(26)19-14-21(28-25-19)16-10-12-23-13-11-16/h2-14H,1H3,(H,24,26). The lowest BCUT2D eigenvalue weighted by molar-refractivity contribution is 0.101. The fraction of sp³-hybridized carbons (Fsp3) is 0.0455. The molecule has 4 rings (SSSR count). The van der Waals surface area contributed by atoms with E-state index < -0.39 is 0 Å². The SMILES string of the molecule is Cc1ccc(Oc2ccccc2NC(=O)c2cc(-c3ccncc3)on2)cc1. The van der Waals surface area contributed by atoms with Gasteiger partial charge in [-0.2, -0.15) is 0 Å². The van der Waals surface area contributed by atoms with E-state index in [9.17, 15) is 4.79 Å². The van der Waals surface area contributed by atoms with Crippen LogP contribution < -0.4 is 10.1 Å². The molecule has 28 heavy (non-hydrogen) atoms. The molecule has 0 saturated carbocycles. The van der Waals surface area contributed by atoms with Crippen LogP contribution in [0.15, 0.2) is 83.6 Å². The molecule has 1 amide bonds. The van der Waals surface area contributed by atoms with Crippen molar-refractivity contribution in [2.24, 2.45) is 0 Å². The van der Waals surface area contributed by atoms with Crippen LogP contribution in [-0.4, -0.2) is 16.0 Å². The molecular formula is C22H17N3O3. The van der Waals surface area contributed by atoms with Crippen molar-refractivity contribution < 1.29 is 14.1 Å². The highest BCUT2D eigenvalue weighted by atomic mass is 16.5. The van der Waals surface area contributed by atoms with Crippen molar-refractivity contribution in [1.29, 1.82) is 0 Å². The third-order valence-electron chi connectivity index (χ3n) is 4.09. The Morgan fingerprint density at radius 2 is 1.75 bits per heavy atom. The van der Waals surface area contributed by atoms with Crippen LogP contribution in [0.5, 0.6) is 11.5 Å². The van der Waals surface area contributed by atoms with Crippen LogP contribution in [0.2, 0.25) is 0 Å². The van der Waals surface area contributed by atoms with E-state index >= 15 is 0 Å². The van der Waals surface area contributed by atoms with E-state index in [0.29, 0.717) is 22.9 Å². The van der Waals surface area contributed by atoms with Gasteiger partial charge in [-0.1, -0.05) is 35.0 Å². The van der Waals surface area contributed by atoms with Gasteiger partial charge in [-0.25, -0.2) is 0 Å². The van der Waals surface area contributed by atoms with Gasteiger partial charge in [-0.05, 0) is 43.3 Å². The number of aryl methyl sites for hydroxylation is 1. The van der Waals surface area contributed by atoms with Gasteiger partial charge in [-0.3, -0.25) is 9.78 Å². The van der Waals surface area contributed by atoms with Gasteiger partial charge < -0.3 is 14.6 Å². The maximum atomic E-state index is 12.6. The van der Waals surface area contributed by atoms with Crippen LogP contribution in [0.25, 0.3) is 11.3 Å². The second kappa shape index (κ2) is 7.75. The second-order valence-corrected chi connectivity index (χ2v) is 6.18. The second-order valence-electron chi connectivity index (χ2n) is 6.18. The van der Waals surface area contributed by atoms with E-state index in [-0.39, 0.29) is 11.6 Å². The molecule has 2 heterocycles. The molecule has 138 valence electrons. The first-order valence-corrected chi connectivity index (χ1v) is 8.71. The molecule has 0 fully saturated rings. The van der Waals surface area contributed by atoms with Crippen LogP contribution in [0.4, 0.5) is 5.69 Å². The smallest absolute Gasteiger partial charge is 0.277 e. The number of nitrogens with zero attached hydrogens (tertiary/aromatic N) is 2. The highest BCUT2D eigenvalue weighted by Crippen LogP contribution is 2.30. The van der Waals surface area contributed by atoms with Crippen LogP contribution >= 0.6 is 0 Å². The van der Waals surface area contributed by atoms with Crippen molar-refractivity contribution in [3.8, 4) is 22.8 Å². The van der Waals surface area contributed by atoms with E-state index in [2.05, 4.69) is 15.5 Å². The van der Waals surface area contributed by atoms with Gasteiger partial charge in [0.1, 0.15) is 5.75 Å². The van der Waals surface area contributed by atoms with Gasteiger partial charge in [0, 0.05) is 24.0 Å². The molecule has 2 aromatic carbocycles. The van der Waals surface area contributed by atoms with Gasteiger partial charge in [0.05, 0.1) is 5.69 Å². The predicted octanol–water partition coefficient (Wildman–Crippen LogP) is 5.09. The maximum absolute atomic E-state index is 12.6. The molecule has 0 aliphatic carbocycles. The number of anilines is 1. The molecule has 0 aliphatic heterocycles. The zero-order valence-corrected chi connectivity index (χ0v) is 15.1. The van der Waals surface area contributed by atoms with Crippen molar-refractivity contribution in [2.75, 3.05) is 5.32 Å². The normalized spacial score (nSPS) is 10.5. The third kappa shape index (κ3) is 3.91. The zero-order valence-electron chi connectivity index (χ0n) is 15.1. The summed E-state index contributed by atoms with van der Waals surface area (Å²) in [6, 6.07) is 20.1. The van der Waals surface area contributed by atoms with Gasteiger partial charge in [0.25, 0.3) is 5.91 Å². The first-order valence-electron chi connectivity index (χ1n) is 8.71. The maximum Gasteiger partial charge on any atom is 0.277 e. The molecule has 0 unspecified atom stereocenters. The average molecular weight is 371 g/mol. The number of rotatable bonds is 5. The lowest BCUT2D eigenvalue weighted by Crippen LogP contribution is -2.12. The Morgan fingerprint density at radius 1 is 1.00 bits per heavy atom. The lowest BCUT2D eigenvalue weighted by Gasteiger charge is -2.11. The number of hydrogen-bond donors (Lipinski definition) is 1. The molecule has 0 spiro atoms. The van der Waals surface area contributed by atoms with Gasteiger partial charge in [0.15, 0.2) is 17.2 Å². The van der Waals surface area contributed by atoms with Crippen molar-refractivity contribution in [3.63, 3.8) is 0 Å². The monoisotopic (exact) mass is 371 g/mol. The summed E-state index contributed by atoms with van der Waals surface area (Å²) in [6.45, 7) is 2.01. The number of benzene rings is 2. The molecule has 6 heteroatoms. The number of carbonyl (C=O) groups excluding carboxylic acids is 1. The number of nitrogens with one attached hydrogen (secondary N) is 1. The Morgan fingerprint density at radius 3 is 2.54 bits per heavy atom. The minimum absolute atomic E-state index is 0.178. The molecule has 4 aromatic rings. The van der Waals surface area contributed by atoms with Crippen LogP contribution in [0, 0.1) is 6.92 Å². The molecule has 2 aromatic heterocycles. The summed E-state index contributed by atoms with van der Waals surface area (Å²) in [7, 11) is 0. The van der Waals surface area contributed by atoms with E-state index in [1.165, 1.54) is 0 Å².